The quantitative estimate of drug-likeness (QED) is 0.776. The van der Waals surface area contributed by atoms with Crippen LogP contribution in [0.2, 0.25) is 4.34 Å². The lowest BCUT2D eigenvalue weighted by Gasteiger charge is -2.28. The van der Waals surface area contributed by atoms with E-state index in [4.69, 9.17) is 16.3 Å². The van der Waals surface area contributed by atoms with Crippen LogP contribution in [0.4, 0.5) is 4.79 Å². The summed E-state index contributed by atoms with van der Waals surface area (Å²) in [5.41, 5.74) is 0.571. The molecule has 7 heteroatoms. The molecule has 0 saturated heterocycles. The zero-order chi connectivity index (χ0) is 17.6. The van der Waals surface area contributed by atoms with E-state index in [0.717, 1.165) is 9.90 Å². The van der Waals surface area contributed by atoms with Crippen LogP contribution in [0.25, 0.3) is 0 Å². The first-order valence-electron chi connectivity index (χ1n) is 7.72. The van der Waals surface area contributed by atoms with Gasteiger partial charge < -0.3 is 20.1 Å². The number of carbonyl (C=O) groups is 1. The standard InChI is InChI=1S/C16H27ClN2O3S/c1-11(20)9-19(15(21)22-16(3,4)5)7-6-18-12(2)13-8-14(17)23-10-13/h8,10-12,18,20H,6-7,9H2,1-5H3. The van der Waals surface area contributed by atoms with Crippen molar-refractivity contribution in [3.8, 4) is 0 Å². The molecule has 2 N–H and O–H groups in total. The average Bonchev–Trinajstić information content (AvgIpc) is 2.81. The van der Waals surface area contributed by atoms with Gasteiger partial charge in [-0.1, -0.05) is 11.6 Å². The third-order valence-corrected chi connectivity index (χ3v) is 4.17. The van der Waals surface area contributed by atoms with Crippen LogP contribution in [0.3, 0.4) is 0 Å². The molecule has 0 spiro atoms. The normalized spacial score (nSPS) is 14.4. The summed E-state index contributed by atoms with van der Waals surface area (Å²) >= 11 is 7.44. The Balaban J connectivity index is 2.52. The van der Waals surface area contributed by atoms with Crippen LogP contribution in [0.15, 0.2) is 11.4 Å². The van der Waals surface area contributed by atoms with Gasteiger partial charge >= 0.3 is 6.09 Å². The monoisotopic (exact) mass is 362 g/mol. The van der Waals surface area contributed by atoms with Gasteiger partial charge in [-0.05, 0) is 51.6 Å². The molecule has 23 heavy (non-hydrogen) atoms. The van der Waals surface area contributed by atoms with Crippen LogP contribution >= 0.6 is 22.9 Å². The van der Waals surface area contributed by atoms with E-state index >= 15 is 0 Å². The van der Waals surface area contributed by atoms with Crippen molar-refractivity contribution < 1.29 is 14.6 Å². The fourth-order valence-electron chi connectivity index (χ4n) is 1.99. The molecule has 0 aromatic carbocycles. The van der Waals surface area contributed by atoms with E-state index in [1.165, 1.54) is 16.2 Å². The molecular formula is C16H27ClN2O3S. The first-order chi connectivity index (χ1) is 10.6. The minimum absolute atomic E-state index is 0.144. The number of hydrogen-bond acceptors (Lipinski definition) is 5. The zero-order valence-electron chi connectivity index (χ0n) is 14.4. The molecule has 0 fully saturated rings. The summed E-state index contributed by atoms with van der Waals surface area (Å²) < 4.78 is 6.14. The van der Waals surface area contributed by atoms with E-state index in [1.807, 2.05) is 39.1 Å². The summed E-state index contributed by atoms with van der Waals surface area (Å²) in [6.45, 7) is 10.5. The second-order valence-electron chi connectivity index (χ2n) is 6.64. The molecule has 0 bridgehead atoms. The van der Waals surface area contributed by atoms with Crippen LogP contribution in [-0.2, 0) is 4.74 Å². The number of ether oxygens (including phenoxy) is 1. The summed E-state index contributed by atoms with van der Waals surface area (Å²) in [4.78, 5) is 13.7. The third kappa shape index (κ3) is 8.01. The summed E-state index contributed by atoms with van der Waals surface area (Å²) in [7, 11) is 0. The van der Waals surface area contributed by atoms with Crippen molar-refractivity contribution >= 4 is 29.0 Å². The molecule has 2 unspecified atom stereocenters. The lowest BCUT2D eigenvalue weighted by atomic mass is 10.2. The molecule has 132 valence electrons. The maximum Gasteiger partial charge on any atom is 0.410 e. The van der Waals surface area contributed by atoms with E-state index < -0.39 is 17.8 Å². The number of thiophene rings is 1. The molecular weight excluding hydrogens is 336 g/mol. The van der Waals surface area contributed by atoms with Crippen molar-refractivity contribution in [2.24, 2.45) is 0 Å². The van der Waals surface area contributed by atoms with Crippen LogP contribution < -0.4 is 5.32 Å². The highest BCUT2D eigenvalue weighted by atomic mass is 35.5. The lowest BCUT2D eigenvalue weighted by molar-refractivity contribution is 0.0163. The van der Waals surface area contributed by atoms with Gasteiger partial charge in [0.1, 0.15) is 5.60 Å². The SMILES string of the molecule is CC(O)CN(CCNC(C)c1csc(Cl)c1)C(=O)OC(C)(C)C. The molecule has 0 saturated carbocycles. The number of hydrogen-bond donors (Lipinski definition) is 2. The molecule has 5 nitrogen and oxygen atoms in total. The van der Waals surface area contributed by atoms with Crippen LogP contribution in [0, 0.1) is 0 Å². The minimum Gasteiger partial charge on any atom is -0.444 e. The smallest absolute Gasteiger partial charge is 0.410 e. The molecule has 0 aliphatic rings. The van der Waals surface area contributed by atoms with E-state index in [0.29, 0.717) is 13.1 Å². The Morgan fingerprint density at radius 1 is 1.48 bits per heavy atom. The number of carbonyl (C=O) groups excluding carboxylic acids is 1. The predicted molar refractivity (Wildman–Crippen MR) is 95.2 cm³/mol. The summed E-state index contributed by atoms with van der Waals surface area (Å²) in [6.07, 6.45) is -1.01. The van der Waals surface area contributed by atoms with E-state index in [9.17, 15) is 9.90 Å². The van der Waals surface area contributed by atoms with Gasteiger partial charge in [0.15, 0.2) is 0 Å². The van der Waals surface area contributed by atoms with Gasteiger partial charge in [0.25, 0.3) is 0 Å². The van der Waals surface area contributed by atoms with Crippen molar-refractivity contribution in [2.75, 3.05) is 19.6 Å². The summed E-state index contributed by atoms with van der Waals surface area (Å²) in [6, 6.07) is 2.08. The Bertz CT molecular complexity index is 500. The number of rotatable bonds is 7. The highest BCUT2D eigenvalue weighted by Crippen LogP contribution is 2.24. The topological polar surface area (TPSA) is 61.8 Å². The number of nitrogens with zero attached hydrogens (tertiary/aromatic N) is 1. The van der Waals surface area contributed by atoms with E-state index in [2.05, 4.69) is 5.32 Å². The highest BCUT2D eigenvalue weighted by molar-refractivity contribution is 7.14. The molecule has 1 heterocycles. The van der Waals surface area contributed by atoms with Gasteiger partial charge in [-0.2, -0.15) is 0 Å². The number of nitrogens with one attached hydrogen (secondary N) is 1. The summed E-state index contributed by atoms with van der Waals surface area (Å²) in [5.74, 6) is 0. The van der Waals surface area contributed by atoms with Gasteiger partial charge in [0.05, 0.1) is 10.4 Å². The molecule has 1 aromatic heterocycles. The van der Waals surface area contributed by atoms with Gasteiger partial charge in [-0.25, -0.2) is 4.79 Å². The van der Waals surface area contributed by atoms with Crippen LogP contribution in [0.5, 0.6) is 0 Å². The Labute approximate surface area is 147 Å². The molecule has 0 radical (unpaired) electrons. The molecule has 1 rings (SSSR count). The average molecular weight is 363 g/mol. The molecule has 0 aliphatic carbocycles. The fraction of sp³-hybridized carbons (Fsp3) is 0.688. The van der Waals surface area contributed by atoms with Gasteiger partial charge in [-0.3, -0.25) is 0 Å². The van der Waals surface area contributed by atoms with E-state index in [1.54, 1.807) is 6.92 Å². The van der Waals surface area contributed by atoms with Gasteiger partial charge in [0.2, 0.25) is 0 Å². The summed E-state index contributed by atoms with van der Waals surface area (Å²) in [5, 5.41) is 14.9. The first-order valence-corrected chi connectivity index (χ1v) is 8.97. The van der Waals surface area contributed by atoms with Crippen molar-refractivity contribution in [3.63, 3.8) is 0 Å². The van der Waals surface area contributed by atoms with Crippen molar-refractivity contribution in [2.45, 2.75) is 52.4 Å². The Morgan fingerprint density at radius 2 is 2.13 bits per heavy atom. The first kappa shape index (κ1) is 20.2. The highest BCUT2D eigenvalue weighted by Gasteiger charge is 2.23. The third-order valence-electron chi connectivity index (χ3n) is 3.06. The van der Waals surface area contributed by atoms with Crippen LogP contribution in [0.1, 0.15) is 46.2 Å². The molecule has 1 aromatic rings. The number of aliphatic hydroxyl groups is 1. The second kappa shape index (κ2) is 8.87. The lowest BCUT2D eigenvalue weighted by Crippen LogP contribution is -2.43. The second-order valence-corrected chi connectivity index (χ2v) is 8.18. The fourth-order valence-corrected chi connectivity index (χ4v) is 2.97. The number of aliphatic hydroxyl groups excluding tert-OH is 1. The Kier molecular flexibility index (Phi) is 7.80. The van der Waals surface area contributed by atoms with Crippen LogP contribution in [-0.4, -0.2) is 47.4 Å². The minimum atomic E-state index is -0.601. The zero-order valence-corrected chi connectivity index (χ0v) is 16.0. The maximum absolute atomic E-state index is 12.2. The number of amides is 1. The van der Waals surface area contributed by atoms with Crippen molar-refractivity contribution in [1.29, 1.82) is 0 Å². The van der Waals surface area contributed by atoms with Crippen molar-refractivity contribution in [3.05, 3.63) is 21.3 Å². The Morgan fingerprint density at radius 3 is 2.61 bits per heavy atom. The molecule has 1 amide bonds. The van der Waals surface area contributed by atoms with E-state index in [-0.39, 0.29) is 12.6 Å². The molecule has 0 aliphatic heterocycles. The van der Waals surface area contributed by atoms with Crippen molar-refractivity contribution in [1.82, 2.24) is 10.2 Å². The van der Waals surface area contributed by atoms with Gasteiger partial charge in [-0.15, -0.1) is 11.3 Å². The molecule has 2 atom stereocenters. The maximum atomic E-state index is 12.2. The Hall–Kier alpha value is -0.820. The number of halogens is 1. The largest absolute Gasteiger partial charge is 0.444 e. The van der Waals surface area contributed by atoms with Gasteiger partial charge in [0, 0.05) is 25.7 Å². The predicted octanol–water partition coefficient (Wildman–Crippen LogP) is 3.67.